The molecule has 0 aromatic rings. The van der Waals surface area contributed by atoms with E-state index in [-0.39, 0.29) is 11.1 Å². The quantitative estimate of drug-likeness (QED) is 0.362. The minimum Gasteiger partial charge on any atom is -0.468 e. The molecule has 0 aromatic carbocycles. The van der Waals surface area contributed by atoms with E-state index in [0.29, 0.717) is 0 Å². The van der Waals surface area contributed by atoms with E-state index in [1.807, 2.05) is 0 Å². The molecule has 0 rings (SSSR count). The van der Waals surface area contributed by atoms with Crippen LogP contribution in [0.1, 0.15) is 0 Å². The Labute approximate surface area is 115 Å². The predicted octanol–water partition coefficient (Wildman–Crippen LogP) is 1.69. The summed E-state index contributed by atoms with van der Waals surface area (Å²) in [5, 5.41) is 7.82. The van der Waals surface area contributed by atoms with Gasteiger partial charge in [-0.2, -0.15) is 4.90 Å². The van der Waals surface area contributed by atoms with E-state index in [9.17, 15) is 4.79 Å². The smallest absolute Gasteiger partial charge is 0.355 e. The Balaban J connectivity index is 5.12. The number of urea groups is 1. The third-order valence-electron chi connectivity index (χ3n) is 1.65. The Morgan fingerprint density at radius 2 is 1.76 bits per heavy atom. The van der Waals surface area contributed by atoms with Gasteiger partial charge in [0.2, 0.25) is 0 Å². The van der Waals surface area contributed by atoms with Gasteiger partial charge in [0.05, 0.1) is 7.11 Å². The number of nitrogens with zero attached hydrogens (tertiary/aromatic N) is 3. The van der Waals surface area contributed by atoms with Crippen LogP contribution in [0.4, 0.5) is 4.79 Å². The Morgan fingerprint density at radius 1 is 1.29 bits per heavy atom. The summed E-state index contributed by atoms with van der Waals surface area (Å²) in [6.45, 7) is 0. The lowest BCUT2D eigenvalue weighted by atomic mass is 10.7. The van der Waals surface area contributed by atoms with Gasteiger partial charge in [0.1, 0.15) is 0 Å². The fraction of sp³-hybridized carbons (Fsp3) is 0.625. The first-order valence-corrected chi connectivity index (χ1v) is 7.24. The first-order valence-electron chi connectivity index (χ1n) is 4.46. The van der Waals surface area contributed by atoms with Gasteiger partial charge >= 0.3 is 6.03 Å². The van der Waals surface area contributed by atoms with Gasteiger partial charge in [-0.05, 0) is 36.1 Å². The Morgan fingerprint density at radius 3 is 2.06 bits per heavy atom. The maximum Gasteiger partial charge on any atom is 0.355 e. The van der Waals surface area contributed by atoms with Crippen LogP contribution in [0.5, 0.6) is 0 Å². The topological polar surface area (TPSA) is 59.9 Å². The van der Waals surface area contributed by atoms with Gasteiger partial charge in [0.25, 0.3) is 6.02 Å². The SMILES string of the molecule is COC(=N)N(C(=O)N(SC)SC)C(=S)N(C)C. The zero-order valence-corrected chi connectivity index (χ0v) is 12.8. The maximum atomic E-state index is 12.1. The highest BCUT2D eigenvalue weighted by molar-refractivity contribution is 8.12. The molecule has 0 atom stereocenters. The van der Waals surface area contributed by atoms with Crippen LogP contribution < -0.4 is 0 Å². The second-order valence-electron chi connectivity index (χ2n) is 2.93. The Bertz CT molecular complexity index is 307. The number of rotatable bonds is 2. The van der Waals surface area contributed by atoms with Crippen molar-refractivity contribution in [2.45, 2.75) is 0 Å². The first kappa shape index (κ1) is 16.3. The van der Waals surface area contributed by atoms with Gasteiger partial charge in [-0.25, -0.2) is 8.51 Å². The predicted molar refractivity (Wildman–Crippen MR) is 77.1 cm³/mol. The summed E-state index contributed by atoms with van der Waals surface area (Å²) in [6.07, 6.45) is 3.53. The number of methoxy groups -OCH3 is 1. The van der Waals surface area contributed by atoms with E-state index in [4.69, 9.17) is 22.4 Å². The number of hydrogen-bond donors (Lipinski definition) is 1. The number of amides is 2. The third-order valence-corrected chi connectivity index (χ3v) is 4.07. The van der Waals surface area contributed by atoms with Crippen LogP contribution in [0.25, 0.3) is 0 Å². The van der Waals surface area contributed by atoms with E-state index >= 15 is 0 Å². The number of thiocarbonyl (C=S) groups is 1. The molecule has 0 aliphatic carbocycles. The average Bonchev–Trinajstić information content (AvgIpc) is 2.30. The molecule has 2 amide bonds. The van der Waals surface area contributed by atoms with Crippen LogP contribution in [-0.4, -0.2) is 64.4 Å². The van der Waals surface area contributed by atoms with Crippen molar-refractivity contribution in [2.75, 3.05) is 33.7 Å². The summed E-state index contributed by atoms with van der Waals surface area (Å²) in [4.78, 5) is 14.7. The number of ether oxygens (including phenoxy) is 1. The van der Waals surface area contributed by atoms with Crippen molar-refractivity contribution in [3.63, 3.8) is 0 Å². The molecule has 1 N–H and O–H groups in total. The second kappa shape index (κ2) is 7.62. The minimum atomic E-state index is -0.421. The zero-order chi connectivity index (χ0) is 13.6. The highest BCUT2D eigenvalue weighted by Gasteiger charge is 2.29. The molecule has 0 saturated heterocycles. The molecular formula is C8H16N4O2S3. The summed E-state index contributed by atoms with van der Waals surface area (Å²) in [5.74, 6) is 0. The molecule has 0 unspecified atom stereocenters. The number of carbonyl (C=O) groups excluding carboxylic acids is 1. The molecule has 0 saturated carbocycles. The fourth-order valence-electron chi connectivity index (χ4n) is 0.859. The van der Waals surface area contributed by atoms with Crippen LogP contribution >= 0.6 is 36.1 Å². The van der Waals surface area contributed by atoms with Crippen molar-refractivity contribution in [3.8, 4) is 0 Å². The molecule has 0 radical (unpaired) electrons. The lowest BCUT2D eigenvalue weighted by molar-refractivity contribution is 0.220. The number of carbonyl (C=O) groups is 1. The highest BCUT2D eigenvalue weighted by atomic mass is 32.2. The van der Waals surface area contributed by atoms with E-state index in [2.05, 4.69) is 0 Å². The molecule has 17 heavy (non-hydrogen) atoms. The van der Waals surface area contributed by atoms with Gasteiger partial charge < -0.3 is 9.64 Å². The Hall–Kier alpha value is -0.670. The van der Waals surface area contributed by atoms with Gasteiger partial charge in [-0.1, -0.05) is 0 Å². The molecular weight excluding hydrogens is 280 g/mol. The molecule has 6 nitrogen and oxygen atoms in total. The van der Waals surface area contributed by atoms with Crippen LogP contribution in [0.2, 0.25) is 0 Å². The zero-order valence-electron chi connectivity index (χ0n) is 10.4. The second-order valence-corrected chi connectivity index (χ2v) is 4.98. The molecule has 9 heteroatoms. The van der Waals surface area contributed by atoms with Crippen LogP contribution in [0.3, 0.4) is 0 Å². The molecule has 0 aliphatic rings. The Kier molecular flexibility index (Phi) is 7.32. The summed E-state index contributed by atoms with van der Waals surface area (Å²) in [5.41, 5.74) is 0. The normalized spacial score (nSPS) is 9.47. The summed E-state index contributed by atoms with van der Waals surface area (Å²) in [7, 11) is 4.73. The fourth-order valence-corrected chi connectivity index (χ4v) is 2.09. The van der Waals surface area contributed by atoms with Crippen molar-refractivity contribution >= 4 is 53.3 Å². The molecule has 0 spiro atoms. The van der Waals surface area contributed by atoms with Crippen molar-refractivity contribution in [3.05, 3.63) is 0 Å². The first-order chi connectivity index (χ1) is 7.90. The summed E-state index contributed by atoms with van der Waals surface area (Å²) >= 11 is 7.57. The van der Waals surface area contributed by atoms with Crippen molar-refractivity contribution in [1.82, 2.24) is 13.5 Å². The van der Waals surface area contributed by atoms with Crippen LogP contribution in [0.15, 0.2) is 0 Å². The van der Waals surface area contributed by atoms with Crippen LogP contribution in [-0.2, 0) is 4.74 Å². The number of amidine groups is 1. The molecule has 0 aliphatic heterocycles. The minimum absolute atomic E-state index is 0.204. The van der Waals surface area contributed by atoms with E-state index in [1.165, 1.54) is 34.7 Å². The van der Waals surface area contributed by atoms with Gasteiger partial charge in [-0.15, -0.1) is 0 Å². The monoisotopic (exact) mass is 296 g/mol. The number of hydrogen-bond acceptors (Lipinski definition) is 6. The largest absolute Gasteiger partial charge is 0.468 e. The standard InChI is InChI=1S/C8H16N4O2S3/c1-10(2)8(15)11(6(9)14-3)7(13)12(16-4)17-5/h9H,1-5H3. The lowest BCUT2D eigenvalue weighted by Crippen LogP contribution is -2.49. The maximum absolute atomic E-state index is 12.1. The van der Waals surface area contributed by atoms with E-state index < -0.39 is 6.03 Å². The van der Waals surface area contributed by atoms with Crippen molar-refractivity contribution in [1.29, 1.82) is 5.41 Å². The average molecular weight is 296 g/mol. The van der Waals surface area contributed by atoms with Gasteiger partial charge in [-0.3, -0.25) is 5.41 Å². The van der Waals surface area contributed by atoms with Crippen molar-refractivity contribution in [2.24, 2.45) is 0 Å². The van der Waals surface area contributed by atoms with E-state index in [1.54, 1.807) is 31.5 Å². The molecule has 98 valence electrons. The molecule has 0 fully saturated rings. The summed E-state index contributed by atoms with van der Waals surface area (Å²) in [6, 6.07) is -0.725. The van der Waals surface area contributed by atoms with Crippen LogP contribution in [0, 0.1) is 5.41 Å². The highest BCUT2D eigenvalue weighted by Crippen LogP contribution is 2.20. The summed E-state index contributed by atoms with van der Waals surface area (Å²) < 4.78 is 6.18. The molecule has 0 heterocycles. The van der Waals surface area contributed by atoms with Gasteiger partial charge in [0.15, 0.2) is 5.11 Å². The third kappa shape index (κ3) is 4.25. The molecule has 0 bridgehead atoms. The molecule has 0 aromatic heterocycles. The van der Waals surface area contributed by atoms with Gasteiger partial charge in [0, 0.05) is 26.6 Å². The van der Waals surface area contributed by atoms with Crippen molar-refractivity contribution < 1.29 is 9.53 Å². The van der Waals surface area contributed by atoms with E-state index in [0.717, 1.165) is 4.90 Å². The lowest BCUT2D eigenvalue weighted by Gasteiger charge is -2.29. The number of nitrogens with one attached hydrogen (secondary N) is 1.